The van der Waals surface area contributed by atoms with Crippen molar-refractivity contribution in [1.82, 2.24) is 4.57 Å². The van der Waals surface area contributed by atoms with Crippen LogP contribution < -0.4 is 9.54 Å². The molecule has 0 aliphatic heterocycles. The number of carbonyl (C=O) groups is 1. The zero-order chi connectivity index (χ0) is 19.8. The number of methoxy groups -OCH3 is 1. The second-order valence-electron chi connectivity index (χ2n) is 6.31. The van der Waals surface area contributed by atoms with Gasteiger partial charge in [0, 0.05) is 12.6 Å². The number of carbonyl (C=O) groups excluding carboxylic acids is 1. The third-order valence-corrected chi connectivity index (χ3v) is 7.53. The molecular weight excluding hydrogens is 384 g/mol. The fourth-order valence-electron chi connectivity index (χ4n) is 2.56. The normalized spacial score (nSPS) is 12.7. The third kappa shape index (κ3) is 3.68. The van der Waals surface area contributed by atoms with Crippen molar-refractivity contribution in [2.24, 2.45) is 12.0 Å². The van der Waals surface area contributed by atoms with Gasteiger partial charge in [-0.3, -0.25) is 4.79 Å². The minimum atomic E-state index is -3.36. The number of sulfone groups is 1. The quantitative estimate of drug-likeness (QED) is 0.669. The number of aromatic nitrogens is 1. The van der Waals surface area contributed by atoms with E-state index in [1.807, 2.05) is 29.8 Å². The SMILES string of the molecule is COc1ccc2c(c1)sc(=NC(=O)c1ccc(S(=O)(=O)C(C)C)cc1)n2C. The third-order valence-electron chi connectivity index (χ3n) is 4.26. The molecule has 0 N–H and O–H groups in total. The highest BCUT2D eigenvalue weighted by molar-refractivity contribution is 7.92. The Bertz CT molecular complexity index is 1170. The van der Waals surface area contributed by atoms with Crippen molar-refractivity contribution in [3.63, 3.8) is 0 Å². The van der Waals surface area contributed by atoms with Crippen LogP contribution >= 0.6 is 11.3 Å². The second-order valence-corrected chi connectivity index (χ2v) is 9.83. The lowest BCUT2D eigenvalue weighted by Crippen LogP contribution is -2.15. The molecule has 0 unspecified atom stereocenters. The zero-order valence-electron chi connectivity index (χ0n) is 15.5. The number of aryl methyl sites for hydroxylation is 1. The molecule has 0 saturated carbocycles. The highest BCUT2D eigenvalue weighted by Gasteiger charge is 2.19. The minimum absolute atomic E-state index is 0.202. The minimum Gasteiger partial charge on any atom is -0.497 e. The maximum atomic E-state index is 12.5. The van der Waals surface area contributed by atoms with Crippen molar-refractivity contribution in [2.75, 3.05) is 7.11 Å². The summed E-state index contributed by atoms with van der Waals surface area (Å²) in [4.78, 5) is 17.5. The van der Waals surface area contributed by atoms with Gasteiger partial charge in [-0.2, -0.15) is 4.99 Å². The topological polar surface area (TPSA) is 77.7 Å². The average molecular weight is 405 g/mol. The van der Waals surface area contributed by atoms with Gasteiger partial charge in [-0.25, -0.2) is 8.42 Å². The van der Waals surface area contributed by atoms with Gasteiger partial charge in [-0.05, 0) is 56.3 Å². The zero-order valence-corrected chi connectivity index (χ0v) is 17.1. The molecule has 27 heavy (non-hydrogen) atoms. The number of benzene rings is 2. The van der Waals surface area contributed by atoms with E-state index in [0.29, 0.717) is 10.4 Å². The molecule has 2 aromatic carbocycles. The Morgan fingerprint density at radius 2 is 1.81 bits per heavy atom. The molecular formula is C19H20N2O4S2. The number of rotatable bonds is 4. The van der Waals surface area contributed by atoms with Gasteiger partial charge in [-0.1, -0.05) is 11.3 Å². The summed E-state index contributed by atoms with van der Waals surface area (Å²) in [5.74, 6) is 0.321. The van der Waals surface area contributed by atoms with Crippen molar-refractivity contribution < 1.29 is 17.9 Å². The largest absolute Gasteiger partial charge is 0.497 e. The summed E-state index contributed by atoms with van der Waals surface area (Å²) in [6.07, 6.45) is 0. The lowest BCUT2D eigenvalue weighted by molar-refractivity contribution is 0.0998. The van der Waals surface area contributed by atoms with E-state index in [1.165, 1.54) is 35.6 Å². The summed E-state index contributed by atoms with van der Waals surface area (Å²) >= 11 is 1.39. The highest BCUT2D eigenvalue weighted by atomic mass is 32.2. The van der Waals surface area contributed by atoms with E-state index in [1.54, 1.807) is 21.0 Å². The van der Waals surface area contributed by atoms with E-state index >= 15 is 0 Å². The summed E-state index contributed by atoms with van der Waals surface area (Å²) in [6.45, 7) is 3.25. The Kier molecular flexibility index (Phi) is 5.21. The van der Waals surface area contributed by atoms with E-state index in [0.717, 1.165) is 16.0 Å². The number of fused-ring (bicyclic) bond motifs is 1. The van der Waals surface area contributed by atoms with Crippen LogP contribution in [0.5, 0.6) is 5.75 Å². The second kappa shape index (κ2) is 7.28. The van der Waals surface area contributed by atoms with Crippen LogP contribution in [0.15, 0.2) is 52.4 Å². The maximum Gasteiger partial charge on any atom is 0.279 e. The van der Waals surface area contributed by atoms with Crippen LogP contribution in [0.1, 0.15) is 24.2 Å². The Morgan fingerprint density at radius 1 is 1.15 bits per heavy atom. The highest BCUT2D eigenvalue weighted by Crippen LogP contribution is 2.22. The fourth-order valence-corrected chi connectivity index (χ4v) is 4.66. The van der Waals surface area contributed by atoms with Gasteiger partial charge in [0.05, 0.1) is 27.5 Å². The summed E-state index contributed by atoms with van der Waals surface area (Å²) in [5, 5.41) is -0.515. The summed E-state index contributed by atoms with van der Waals surface area (Å²) in [7, 11) is 0.0821. The molecule has 6 nitrogen and oxygen atoms in total. The molecule has 1 aromatic heterocycles. The van der Waals surface area contributed by atoms with Crippen molar-refractivity contribution in [1.29, 1.82) is 0 Å². The predicted octanol–water partition coefficient (Wildman–Crippen LogP) is 3.17. The van der Waals surface area contributed by atoms with Crippen molar-refractivity contribution in [3.8, 4) is 5.75 Å². The molecule has 0 atom stereocenters. The van der Waals surface area contributed by atoms with E-state index in [9.17, 15) is 13.2 Å². The van der Waals surface area contributed by atoms with Gasteiger partial charge in [0.25, 0.3) is 5.91 Å². The van der Waals surface area contributed by atoms with Crippen LogP contribution in [-0.2, 0) is 16.9 Å². The van der Waals surface area contributed by atoms with E-state index in [4.69, 9.17) is 4.74 Å². The molecule has 0 fully saturated rings. The van der Waals surface area contributed by atoms with Gasteiger partial charge in [0.1, 0.15) is 5.75 Å². The molecule has 3 rings (SSSR count). The lowest BCUT2D eigenvalue weighted by Gasteiger charge is -2.07. The van der Waals surface area contributed by atoms with E-state index < -0.39 is 21.0 Å². The van der Waals surface area contributed by atoms with Crippen LogP contribution in [-0.4, -0.2) is 31.3 Å². The van der Waals surface area contributed by atoms with Gasteiger partial charge >= 0.3 is 0 Å². The smallest absolute Gasteiger partial charge is 0.279 e. The van der Waals surface area contributed by atoms with Crippen molar-refractivity contribution in [3.05, 3.63) is 52.8 Å². The number of hydrogen-bond donors (Lipinski definition) is 0. The van der Waals surface area contributed by atoms with Crippen LogP contribution in [0, 0.1) is 0 Å². The number of hydrogen-bond acceptors (Lipinski definition) is 5. The van der Waals surface area contributed by atoms with E-state index in [-0.39, 0.29) is 4.90 Å². The fraction of sp³-hybridized carbons (Fsp3) is 0.263. The first-order chi connectivity index (χ1) is 12.7. The van der Waals surface area contributed by atoms with Crippen LogP contribution in [0.3, 0.4) is 0 Å². The van der Waals surface area contributed by atoms with Crippen molar-refractivity contribution >= 4 is 37.3 Å². The lowest BCUT2D eigenvalue weighted by atomic mass is 10.2. The Labute approximate surface area is 161 Å². The standard InChI is InChI=1S/C19H20N2O4S2/c1-12(2)27(23,24)15-8-5-13(6-9-15)18(22)20-19-21(3)16-10-7-14(25-4)11-17(16)26-19/h5-12H,1-4H3. The number of ether oxygens (including phenoxy) is 1. The molecule has 0 bridgehead atoms. The van der Waals surface area contributed by atoms with Crippen LogP contribution in [0.2, 0.25) is 0 Å². The number of amides is 1. The van der Waals surface area contributed by atoms with Gasteiger partial charge < -0.3 is 9.30 Å². The van der Waals surface area contributed by atoms with Gasteiger partial charge in [0.2, 0.25) is 0 Å². The first-order valence-electron chi connectivity index (χ1n) is 8.30. The van der Waals surface area contributed by atoms with Gasteiger partial charge in [-0.15, -0.1) is 0 Å². The van der Waals surface area contributed by atoms with Crippen LogP contribution in [0.4, 0.5) is 0 Å². The average Bonchev–Trinajstić information content (AvgIpc) is 2.96. The number of nitrogens with zero attached hydrogens (tertiary/aromatic N) is 2. The summed E-state index contributed by atoms with van der Waals surface area (Å²) < 4.78 is 32.4. The Balaban J connectivity index is 1.97. The summed E-state index contributed by atoms with van der Waals surface area (Å²) in [5.41, 5.74) is 1.29. The molecule has 0 saturated heterocycles. The number of thiazole rings is 1. The van der Waals surface area contributed by atoms with Gasteiger partial charge in [0.15, 0.2) is 14.6 Å². The first kappa shape index (κ1) is 19.3. The molecule has 3 aromatic rings. The van der Waals surface area contributed by atoms with Crippen molar-refractivity contribution in [2.45, 2.75) is 24.0 Å². The predicted molar refractivity (Wildman–Crippen MR) is 106 cm³/mol. The monoisotopic (exact) mass is 404 g/mol. The molecule has 142 valence electrons. The maximum absolute atomic E-state index is 12.5. The first-order valence-corrected chi connectivity index (χ1v) is 10.7. The summed E-state index contributed by atoms with van der Waals surface area (Å²) in [6, 6.07) is 11.6. The molecule has 8 heteroatoms. The molecule has 0 radical (unpaired) electrons. The molecule has 0 spiro atoms. The Morgan fingerprint density at radius 3 is 2.41 bits per heavy atom. The molecule has 1 heterocycles. The van der Waals surface area contributed by atoms with E-state index in [2.05, 4.69) is 4.99 Å². The molecule has 0 aliphatic carbocycles. The van der Waals surface area contributed by atoms with Crippen LogP contribution in [0.25, 0.3) is 10.2 Å². The molecule has 1 amide bonds. The molecule has 0 aliphatic rings. The Hall–Kier alpha value is -2.45.